The Labute approximate surface area is 383 Å². The summed E-state index contributed by atoms with van der Waals surface area (Å²) in [6.45, 7) is 14.8. The first-order chi connectivity index (χ1) is 30.5. The summed E-state index contributed by atoms with van der Waals surface area (Å²) in [5, 5.41) is 2.99. The van der Waals surface area contributed by atoms with Crippen LogP contribution in [-0.2, 0) is 20.4 Å². The number of anilines is 1. The van der Waals surface area contributed by atoms with Crippen molar-refractivity contribution in [1.82, 2.24) is 10.2 Å². The molecular weight excluding hydrogens is 813 g/mol. The Hall–Kier alpha value is -6.32. The van der Waals surface area contributed by atoms with Crippen molar-refractivity contribution < 1.29 is 23.8 Å². The average Bonchev–Trinajstić information content (AvgIpc) is 3.60. The van der Waals surface area contributed by atoms with Gasteiger partial charge in [-0.3, -0.25) is 19.2 Å². The monoisotopic (exact) mass is 871 g/mol. The topological polar surface area (TPSA) is 89.8 Å². The van der Waals surface area contributed by atoms with Crippen molar-refractivity contribution >= 4 is 57.7 Å². The highest BCUT2D eigenvalue weighted by Crippen LogP contribution is 2.48. The van der Waals surface area contributed by atoms with Gasteiger partial charge < -0.3 is 15.1 Å². The van der Waals surface area contributed by atoms with Gasteiger partial charge in [0, 0.05) is 76.9 Å². The smallest absolute Gasteiger partial charge is 0.244 e. The normalized spacial score (nSPS) is 18.0. The predicted octanol–water partition coefficient (Wildman–Crippen LogP) is 10.4. The number of hydrogen-bond donors (Lipinski definition) is 1. The fraction of sp³-hybridized carbons (Fsp3) is 0.309. The van der Waals surface area contributed by atoms with Crippen LogP contribution in [0.25, 0.3) is 0 Å². The minimum absolute atomic E-state index is 0.0233. The maximum Gasteiger partial charge on any atom is 0.244 e. The molecule has 0 saturated carbocycles. The number of nitrogens with zero attached hydrogens (tertiary/aromatic N) is 3. The zero-order valence-electron chi connectivity index (χ0n) is 38.5. The number of likely N-dealkylation sites (N-methyl/N-ethyl adjacent to an activating group) is 1. The van der Waals surface area contributed by atoms with Gasteiger partial charge in [0.2, 0.25) is 17.5 Å². The van der Waals surface area contributed by atoms with Gasteiger partial charge in [-0.1, -0.05) is 98.9 Å². The van der Waals surface area contributed by atoms with Gasteiger partial charge in [-0.2, -0.15) is 4.58 Å². The third-order valence-electron chi connectivity index (χ3n) is 13.2. The summed E-state index contributed by atoms with van der Waals surface area (Å²) >= 11 is 5.58. The molecule has 0 aromatic heterocycles. The van der Waals surface area contributed by atoms with E-state index in [1.165, 1.54) is 4.90 Å². The van der Waals surface area contributed by atoms with Crippen molar-refractivity contribution in [1.29, 1.82) is 0 Å². The third kappa shape index (κ3) is 8.41. The predicted molar refractivity (Wildman–Crippen MR) is 262 cm³/mol. The first-order valence-corrected chi connectivity index (χ1v) is 22.7. The molecule has 0 bridgehead atoms. The van der Waals surface area contributed by atoms with Crippen LogP contribution in [-0.4, -0.2) is 70.7 Å². The number of allylic oxidation sites excluding steroid dienone is 7. The number of carbonyl (C=O) groups is 4. The van der Waals surface area contributed by atoms with Gasteiger partial charge in [-0.15, -0.1) is 0 Å². The minimum atomic E-state index is -1.14. The number of ketones is 2. The summed E-state index contributed by atoms with van der Waals surface area (Å²) in [7, 11) is 4.08. The maximum atomic E-state index is 14.7. The second kappa shape index (κ2) is 18.4. The summed E-state index contributed by atoms with van der Waals surface area (Å²) < 4.78 is 2.17. The molecule has 2 amide bonds. The number of benzene rings is 4. The van der Waals surface area contributed by atoms with E-state index in [-0.39, 0.29) is 23.4 Å². The summed E-state index contributed by atoms with van der Waals surface area (Å²) in [4.78, 5) is 60.3. The quantitative estimate of drug-likeness (QED) is 0.0660. The number of carbonyl (C=O) groups excluding carboxylic acids is 4. The molecule has 0 radical (unpaired) electrons. The highest BCUT2D eigenvalue weighted by Gasteiger charge is 2.44. The first-order valence-electron chi connectivity index (χ1n) is 22.3. The van der Waals surface area contributed by atoms with E-state index in [1.807, 2.05) is 125 Å². The molecule has 1 atom stereocenters. The van der Waals surface area contributed by atoms with Crippen LogP contribution < -0.4 is 10.2 Å². The van der Waals surface area contributed by atoms with Crippen LogP contribution in [0.1, 0.15) is 111 Å². The van der Waals surface area contributed by atoms with Gasteiger partial charge in [0.05, 0.1) is 10.4 Å². The van der Waals surface area contributed by atoms with Gasteiger partial charge in [-0.05, 0) is 113 Å². The van der Waals surface area contributed by atoms with E-state index < -0.39 is 16.7 Å². The van der Waals surface area contributed by atoms with Crippen molar-refractivity contribution in [2.45, 2.75) is 78.6 Å². The zero-order valence-corrected chi connectivity index (χ0v) is 39.4. The Morgan fingerprint density at radius 1 is 0.781 bits per heavy atom. The number of thiocarbonyl (C=S) groups is 1. The fourth-order valence-electron chi connectivity index (χ4n) is 9.82. The Bertz CT molecular complexity index is 2720. The van der Waals surface area contributed by atoms with Crippen LogP contribution in [0.2, 0.25) is 0 Å². The van der Waals surface area contributed by atoms with Gasteiger partial charge in [0.25, 0.3) is 0 Å². The van der Waals surface area contributed by atoms with Crippen molar-refractivity contribution in [2.75, 3.05) is 32.1 Å². The molecule has 0 spiro atoms. The SMILES string of the molecule is CCNC(=O)C(C(=O)N(CC)C(C)=S)C1=C(C=CC2=[N+](C)c3ccc(C(=O)c4ccccc4)cc3C2(C)C)CCCC1=CC=C1N(C)c2ccc(C(=O)c3ccccc3)cc2C1(C)C. The highest BCUT2D eigenvalue weighted by molar-refractivity contribution is 7.80. The average molecular weight is 872 g/mol. The Balaban J connectivity index is 1.33. The summed E-state index contributed by atoms with van der Waals surface area (Å²) in [6.07, 6.45) is 10.6. The van der Waals surface area contributed by atoms with Crippen LogP contribution in [0.5, 0.6) is 0 Å². The lowest BCUT2D eigenvalue weighted by Gasteiger charge is -2.31. The molecule has 1 unspecified atom stereocenters. The van der Waals surface area contributed by atoms with E-state index in [2.05, 4.69) is 66.8 Å². The molecule has 7 rings (SSSR count). The van der Waals surface area contributed by atoms with E-state index in [9.17, 15) is 19.2 Å². The lowest BCUT2D eigenvalue weighted by molar-refractivity contribution is -0.401. The van der Waals surface area contributed by atoms with E-state index in [1.54, 1.807) is 6.92 Å². The molecule has 1 N–H and O–H groups in total. The largest absolute Gasteiger partial charge is 0.355 e. The highest BCUT2D eigenvalue weighted by atomic mass is 32.1. The van der Waals surface area contributed by atoms with Crippen LogP contribution in [0, 0.1) is 5.92 Å². The van der Waals surface area contributed by atoms with Crippen molar-refractivity contribution in [3.05, 3.63) is 177 Å². The fourth-order valence-corrected chi connectivity index (χ4v) is 10.0. The van der Waals surface area contributed by atoms with E-state index in [4.69, 9.17) is 12.2 Å². The molecular formula is C55H59N4O4S+. The third-order valence-corrected chi connectivity index (χ3v) is 13.5. The van der Waals surface area contributed by atoms with Crippen molar-refractivity contribution in [3.8, 4) is 0 Å². The molecule has 8 nitrogen and oxygen atoms in total. The molecule has 64 heavy (non-hydrogen) atoms. The molecule has 4 aromatic carbocycles. The second-order valence-electron chi connectivity index (χ2n) is 17.9. The molecule has 0 fully saturated rings. The molecule has 3 aliphatic rings. The molecule has 2 aliphatic heterocycles. The van der Waals surface area contributed by atoms with Crippen LogP contribution in [0.15, 0.2) is 144 Å². The molecule has 4 aromatic rings. The Morgan fingerprint density at radius 2 is 1.38 bits per heavy atom. The van der Waals surface area contributed by atoms with E-state index in [0.717, 1.165) is 51.5 Å². The molecule has 0 saturated heterocycles. The van der Waals surface area contributed by atoms with Crippen molar-refractivity contribution in [3.63, 3.8) is 0 Å². The van der Waals surface area contributed by atoms with Crippen molar-refractivity contribution in [2.24, 2.45) is 5.92 Å². The van der Waals surface area contributed by atoms with Gasteiger partial charge in [-0.25, -0.2) is 0 Å². The molecule has 2 heterocycles. The summed E-state index contributed by atoms with van der Waals surface area (Å²) in [5.41, 5.74) is 10.3. The van der Waals surface area contributed by atoms with Crippen LogP contribution in [0.4, 0.5) is 11.4 Å². The van der Waals surface area contributed by atoms with Crippen LogP contribution in [0.3, 0.4) is 0 Å². The standard InChI is InChI=1S/C55H58N4O4S/c1-10-56-52(62)49(53(63)59(11-2)35(3)64)48-36(27-31-46-54(4,5)42-33-40(25-29-44(42)57(46)8)50(60)38-19-14-12-15-20-38)23-18-24-37(48)28-32-47-55(6,7)43-34-41(26-30-45(43)58(47)9)51(61)39-21-16-13-17-22-39/h12-17,19-22,25-34,49H,10-11,18,23-24H2,1-9H3/p+1. The molecule has 328 valence electrons. The number of rotatable bonds is 12. The number of nitrogens with one attached hydrogen (secondary N) is 1. The number of hydrogen-bond acceptors (Lipinski definition) is 6. The summed E-state index contributed by atoms with van der Waals surface area (Å²) in [6, 6.07) is 30.5. The Kier molecular flexibility index (Phi) is 13.1. The van der Waals surface area contributed by atoms with Gasteiger partial charge in [0.1, 0.15) is 13.0 Å². The Morgan fingerprint density at radius 3 is 1.95 bits per heavy atom. The first kappa shape index (κ1) is 45.7. The zero-order chi connectivity index (χ0) is 46.1. The summed E-state index contributed by atoms with van der Waals surface area (Å²) in [5.74, 6) is -1.89. The van der Waals surface area contributed by atoms with Gasteiger partial charge >= 0.3 is 0 Å². The number of fused-ring (bicyclic) bond motifs is 2. The minimum Gasteiger partial charge on any atom is -0.355 e. The second-order valence-corrected chi connectivity index (χ2v) is 18.5. The molecule has 9 heteroatoms. The number of amides is 2. The van der Waals surface area contributed by atoms with E-state index >= 15 is 0 Å². The lowest BCUT2D eigenvalue weighted by atomic mass is 9.77. The maximum absolute atomic E-state index is 14.7. The van der Waals surface area contributed by atoms with Gasteiger partial charge in [0.15, 0.2) is 17.3 Å². The molecule has 1 aliphatic carbocycles. The van der Waals surface area contributed by atoms with Crippen LogP contribution >= 0.6 is 12.2 Å². The van der Waals surface area contributed by atoms with E-state index in [0.29, 0.717) is 58.7 Å². The lowest BCUT2D eigenvalue weighted by Crippen LogP contribution is -2.46.